The van der Waals surface area contributed by atoms with Crippen LogP contribution >= 0.6 is 0 Å². The molecule has 0 atom stereocenters. The van der Waals surface area contributed by atoms with Crippen LogP contribution in [0.2, 0.25) is 0 Å². The van der Waals surface area contributed by atoms with Gasteiger partial charge >= 0.3 is 0 Å². The Morgan fingerprint density at radius 1 is 0.947 bits per heavy atom. The lowest BCUT2D eigenvalue weighted by Crippen LogP contribution is -2.07. The molecular weight excluding hydrogens is 269 g/mol. The Morgan fingerprint density at radius 2 is 1.47 bits per heavy atom. The maximum absolute atomic E-state index is 13.2. The average Bonchev–Trinajstić information content (AvgIpc) is 2.41. The Hall–Kier alpha value is -1.66. The van der Waals surface area contributed by atoms with E-state index in [9.17, 15) is 22.0 Å². The second kappa shape index (κ2) is 7.06. The minimum Gasteiger partial charge on any atom is -0.391 e. The first-order chi connectivity index (χ1) is 9.00. The van der Waals surface area contributed by atoms with Crippen molar-refractivity contribution in [2.45, 2.75) is 32.8 Å². The Balaban J connectivity index is 2.77. The summed E-state index contributed by atoms with van der Waals surface area (Å²) in [5, 5.41) is 3.37. The molecule has 0 aliphatic heterocycles. The first-order valence-corrected chi connectivity index (χ1v) is 5.64. The molecule has 0 aliphatic rings. The molecule has 0 spiro atoms. The van der Waals surface area contributed by atoms with Gasteiger partial charge in [-0.25, -0.2) is 22.0 Å². The Kier molecular flexibility index (Phi) is 5.72. The topological polar surface area (TPSA) is 21.6 Å². The lowest BCUT2D eigenvalue weighted by Gasteiger charge is -2.06. The van der Waals surface area contributed by atoms with Crippen molar-refractivity contribution < 1.29 is 26.8 Å². The maximum Gasteiger partial charge on any atom is 0.200 e. The second-order valence-electron chi connectivity index (χ2n) is 3.75. The molecule has 0 fully saturated rings. The van der Waals surface area contributed by atoms with Crippen molar-refractivity contribution in [3.63, 3.8) is 0 Å². The fourth-order valence-corrected chi connectivity index (χ4v) is 1.28. The molecule has 1 aromatic rings. The van der Waals surface area contributed by atoms with Gasteiger partial charge in [-0.1, -0.05) is 18.5 Å². The van der Waals surface area contributed by atoms with Crippen LogP contribution in [0, 0.1) is 29.1 Å². The highest BCUT2D eigenvalue weighted by molar-refractivity contribution is 5.56. The molecule has 7 heteroatoms. The molecule has 2 nitrogen and oxygen atoms in total. The van der Waals surface area contributed by atoms with Gasteiger partial charge in [0, 0.05) is 6.21 Å². The van der Waals surface area contributed by atoms with E-state index in [1.807, 2.05) is 6.92 Å². The molecule has 0 saturated heterocycles. The summed E-state index contributed by atoms with van der Waals surface area (Å²) in [6.07, 6.45) is 3.77. The number of unbranched alkanes of at least 4 members (excludes halogenated alkanes) is 2. The zero-order chi connectivity index (χ0) is 14.4. The van der Waals surface area contributed by atoms with Gasteiger partial charge in [-0.3, -0.25) is 0 Å². The van der Waals surface area contributed by atoms with Gasteiger partial charge in [-0.2, -0.15) is 0 Å². The van der Waals surface area contributed by atoms with Crippen LogP contribution in [0.3, 0.4) is 0 Å². The monoisotopic (exact) mass is 281 g/mol. The molecule has 0 amide bonds. The van der Waals surface area contributed by atoms with Gasteiger partial charge in [0.1, 0.15) is 6.61 Å². The van der Waals surface area contributed by atoms with Gasteiger partial charge in [0.15, 0.2) is 23.3 Å². The second-order valence-corrected chi connectivity index (χ2v) is 3.75. The Bertz CT molecular complexity index is 447. The molecule has 0 unspecified atom stereocenters. The summed E-state index contributed by atoms with van der Waals surface area (Å²) in [6.45, 7) is 1.14. The molecular formula is C12H12F5NO. The molecule has 0 heterocycles. The van der Waals surface area contributed by atoms with Crippen molar-refractivity contribution in [1.29, 1.82) is 0 Å². The first kappa shape index (κ1) is 15.4. The number of nitrogens with zero attached hydrogens (tertiary/aromatic N) is 1. The summed E-state index contributed by atoms with van der Waals surface area (Å²) in [4.78, 5) is 4.51. The predicted molar refractivity (Wildman–Crippen MR) is 59.0 cm³/mol. The van der Waals surface area contributed by atoms with Crippen molar-refractivity contribution in [2.24, 2.45) is 5.16 Å². The molecule has 19 heavy (non-hydrogen) atoms. The van der Waals surface area contributed by atoms with Crippen LogP contribution < -0.4 is 0 Å². The normalized spacial score (nSPS) is 11.3. The lowest BCUT2D eigenvalue weighted by atomic mass is 10.2. The summed E-state index contributed by atoms with van der Waals surface area (Å²) >= 11 is 0. The highest BCUT2D eigenvalue weighted by Gasteiger charge is 2.25. The van der Waals surface area contributed by atoms with Crippen LogP contribution in [0.15, 0.2) is 5.16 Å². The van der Waals surface area contributed by atoms with Gasteiger partial charge in [0.25, 0.3) is 0 Å². The minimum absolute atomic E-state index is 0.605. The summed E-state index contributed by atoms with van der Waals surface area (Å²) in [6, 6.07) is 0. The predicted octanol–water partition coefficient (Wildman–Crippen LogP) is 4.07. The van der Waals surface area contributed by atoms with Crippen LogP contribution in [0.5, 0.6) is 0 Å². The zero-order valence-electron chi connectivity index (χ0n) is 10.2. The van der Waals surface area contributed by atoms with Crippen molar-refractivity contribution >= 4 is 6.21 Å². The molecule has 106 valence electrons. The zero-order valence-corrected chi connectivity index (χ0v) is 10.2. The third-order valence-corrected chi connectivity index (χ3v) is 2.35. The number of rotatable bonds is 6. The van der Waals surface area contributed by atoms with E-state index in [1.54, 1.807) is 0 Å². The van der Waals surface area contributed by atoms with Gasteiger partial charge in [0.05, 0.1) is 5.56 Å². The third kappa shape index (κ3) is 3.65. The van der Waals surface area contributed by atoms with E-state index < -0.39 is 41.3 Å². The summed E-state index contributed by atoms with van der Waals surface area (Å²) in [7, 11) is 0. The van der Waals surface area contributed by atoms with Crippen molar-refractivity contribution in [3.05, 3.63) is 34.6 Å². The number of halogens is 5. The lowest BCUT2D eigenvalue weighted by molar-refractivity contribution is 0.124. The van der Waals surface area contributed by atoms with Gasteiger partial charge in [-0.05, 0) is 12.8 Å². The van der Waals surface area contributed by atoms with E-state index in [0.717, 1.165) is 12.8 Å². The van der Waals surface area contributed by atoms with E-state index in [1.165, 1.54) is 6.21 Å². The van der Waals surface area contributed by atoms with E-state index in [2.05, 4.69) is 9.99 Å². The molecule has 1 rings (SSSR count). The van der Waals surface area contributed by atoms with E-state index in [4.69, 9.17) is 0 Å². The van der Waals surface area contributed by atoms with Crippen LogP contribution in [0.1, 0.15) is 31.7 Å². The summed E-state index contributed by atoms with van der Waals surface area (Å²) < 4.78 is 64.7. The van der Waals surface area contributed by atoms with E-state index in [0.29, 0.717) is 6.42 Å². The largest absolute Gasteiger partial charge is 0.391 e. The minimum atomic E-state index is -2.19. The molecule has 0 saturated carbocycles. The summed E-state index contributed by atoms with van der Waals surface area (Å²) in [5.41, 5.74) is -1.04. The smallest absolute Gasteiger partial charge is 0.200 e. The van der Waals surface area contributed by atoms with Crippen LogP contribution in [0.25, 0.3) is 0 Å². The molecule has 0 radical (unpaired) electrons. The summed E-state index contributed by atoms with van der Waals surface area (Å²) in [5.74, 6) is -9.98. The number of hydrogen-bond donors (Lipinski definition) is 0. The van der Waals surface area contributed by atoms with Crippen LogP contribution in [0.4, 0.5) is 22.0 Å². The quantitative estimate of drug-likeness (QED) is 0.192. The molecule has 1 aromatic carbocycles. The van der Waals surface area contributed by atoms with Crippen LogP contribution in [-0.2, 0) is 11.4 Å². The van der Waals surface area contributed by atoms with E-state index >= 15 is 0 Å². The number of oxime groups is 1. The highest BCUT2D eigenvalue weighted by Crippen LogP contribution is 2.23. The Labute approximate surface area is 106 Å². The fourth-order valence-electron chi connectivity index (χ4n) is 1.28. The SMILES string of the molecule is CCCC/C=N\OCc1c(F)c(F)c(F)c(F)c1F. The van der Waals surface area contributed by atoms with Gasteiger partial charge in [0.2, 0.25) is 5.82 Å². The third-order valence-electron chi connectivity index (χ3n) is 2.35. The Morgan fingerprint density at radius 3 is 2.00 bits per heavy atom. The standard InChI is InChI=1S/C12H12F5NO/c1-2-3-4-5-18-19-6-7-8(13)10(15)12(17)11(16)9(7)14/h5H,2-4,6H2,1H3/b18-5-. The average molecular weight is 281 g/mol. The molecule has 0 bridgehead atoms. The fraction of sp³-hybridized carbons (Fsp3) is 0.417. The van der Waals surface area contributed by atoms with Crippen molar-refractivity contribution in [1.82, 2.24) is 0 Å². The van der Waals surface area contributed by atoms with Crippen molar-refractivity contribution in [2.75, 3.05) is 0 Å². The molecule has 0 N–H and O–H groups in total. The number of benzene rings is 1. The van der Waals surface area contributed by atoms with Crippen LogP contribution in [-0.4, -0.2) is 6.21 Å². The number of hydrogen-bond acceptors (Lipinski definition) is 2. The van der Waals surface area contributed by atoms with E-state index in [-0.39, 0.29) is 0 Å². The van der Waals surface area contributed by atoms with Gasteiger partial charge in [-0.15, -0.1) is 0 Å². The maximum atomic E-state index is 13.2. The van der Waals surface area contributed by atoms with Crippen molar-refractivity contribution in [3.8, 4) is 0 Å². The molecule has 0 aromatic heterocycles. The first-order valence-electron chi connectivity index (χ1n) is 5.64. The molecule has 0 aliphatic carbocycles. The highest BCUT2D eigenvalue weighted by atomic mass is 19.2. The van der Waals surface area contributed by atoms with Gasteiger partial charge < -0.3 is 4.84 Å².